The number of pyridine rings is 1. The summed E-state index contributed by atoms with van der Waals surface area (Å²) in [6.45, 7) is 1.78. The van der Waals surface area contributed by atoms with E-state index >= 15 is 0 Å². The zero-order chi connectivity index (χ0) is 22.4. The lowest BCUT2D eigenvalue weighted by Gasteiger charge is -2.37. The second-order valence-corrected chi connectivity index (χ2v) is 9.94. The van der Waals surface area contributed by atoms with Crippen LogP contribution in [-0.4, -0.2) is 4.98 Å². The number of benzene rings is 3. The van der Waals surface area contributed by atoms with Crippen molar-refractivity contribution in [2.45, 2.75) is 12.2 Å². The maximum atomic E-state index is 14.7. The first-order chi connectivity index (χ1) is 15.5. The van der Waals surface area contributed by atoms with Gasteiger partial charge in [-0.25, -0.2) is 4.57 Å². The fourth-order valence-corrected chi connectivity index (χ4v) is 5.25. The molecule has 0 amide bonds. The molecule has 0 spiro atoms. The number of halogens is 1. The molecule has 3 aromatic carbocycles. The lowest BCUT2D eigenvalue weighted by Crippen LogP contribution is -2.36. The number of hydrogen-bond donors (Lipinski definition) is 1. The van der Waals surface area contributed by atoms with Gasteiger partial charge in [0.25, 0.3) is 0 Å². The van der Waals surface area contributed by atoms with Gasteiger partial charge in [0.15, 0.2) is 5.28 Å². The quantitative estimate of drug-likeness (QED) is 0.276. The van der Waals surface area contributed by atoms with Gasteiger partial charge in [0.2, 0.25) is 0 Å². The van der Waals surface area contributed by atoms with Crippen molar-refractivity contribution in [2.75, 3.05) is 5.32 Å². The third kappa shape index (κ3) is 4.80. The van der Waals surface area contributed by atoms with E-state index in [1.54, 1.807) is 61.8 Å². The van der Waals surface area contributed by atoms with E-state index in [9.17, 15) is 4.57 Å². The molecular formula is C25H22ClN2O3P. The Bertz CT molecular complexity index is 1150. The van der Waals surface area contributed by atoms with Crippen LogP contribution in [0.3, 0.4) is 0 Å². The molecule has 5 nitrogen and oxygen atoms in total. The number of aromatic nitrogens is 1. The highest BCUT2D eigenvalue weighted by atomic mass is 35.5. The Morgan fingerprint density at radius 3 is 1.88 bits per heavy atom. The van der Waals surface area contributed by atoms with Crippen molar-refractivity contribution >= 4 is 24.9 Å². The highest BCUT2D eigenvalue weighted by molar-refractivity contribution is 7.56. The van der Waals surface area contributed by atoms with Gasteiger partial charge >= 0.3 is 7.60 Å². The average molecular weight is 465 g/mol. The van der Waals surface area contributed by atoms with Crippen molar-refractivity contribution in [1.29, 1.82) is 0 Å². The minimum Gasteiger partial charge on any atom is -0.414 e. The Balaban J connectivity index is 1.85. The average Bonchev–Trinajstić information content (AvgIpc) is 2.82. The number of anilines is 1. The maximum Gasteiger partial charge on any atom is 0.460 e. The predicted octanol–water partition coefficient (Wildman–Crippen LogP) is 7.37. The van der Waals surface area contributed by atoms with E-state index in [4.69, 9.17) is 20.6 Å². The molecule has 4 aromatic rings. The zero-order valence-corrected chi connectivity index (χ0v) is 19.0. The molecule has 1 heterocycles. The summed E-state index contributed by atoms with van der Waals surface area (Å²) in [5, 5.41) is 2.68. The topological polar surface area (TPSA) is 60.5 Å². The summed E-state index contributed by atoms with van der Waals surface area (Å²) in [5.74, 6) is 0.861. The number of hydrogen-bond acceptors (Lipinski definition) is 5. The monoisotopic (exact) mass is 464 g/mol. The van der Waals surface area contributed by atoms with E-state index < -0.39 is 12.9 Å². The van der Waals surface area contributed by atoms with Crippen molar-refractivity contribution in [3.05, 3.63) is 120 Å². The first-order valence-corrected chi connectivity index (χ1v) is 11.9. The molecule has 162 valence electrons. The molecule has 0 fully saturated rings. The molecule has 0 bridgehead atoms. The van der Waals surface area contributed by atoms with Crippen LogP contribution >= 0.6 is 19.2 Å². The highest BCUT2D eigenvalue weighted by Crippen LogP contribution is 2.63. The molecule has 32 heavy (non-hydrogen) atoms. The lowest BCUT2D eigenvalue weighted by atomic mass is 10.1. The standard InChI is InChI=1S/C25H22ClN2O3P/c1-25(20-9-8-18-27-19-20,28-22-16-14-21(26)15-17-22)32(29,30-23-10-4-2-5-11-23)31-24-12-6-3-7-13-24/h2-19,28H,1H3. The van der Waals surface area contributed by atoms with Crippen LogP contribution in [0.15, 0.2) is 109 Å². The van der Waals surface area contributed by atoms with Crippen molar-refractivity contribution < 1.29 is 13.6 Å². The lowest BCUT2D eigenvalue weighted by molar-refractivity contribution is 0.354. The van der Waals surface area contributed by atoms with Crippen molar-refractivity contribution in [1.82, 2.24) is 4.98 Å². The van der Waals surface area contributed by atoms with Gasteiger partial charge in [-0.05, 0) is 61.5 Å². The molecular weight excluding hydrogens is 443 g/mol. The molecule has 0 saturated carbocycles. The van der Waals surface area contributed by atoms with Crippen LogP contribution < -0.4 is 14.4 Å². The van der Waals surface area contributed by atoms with Crippen molar-refractivity contribution in [3.8, 4) is 11.5 Å². The van der Waals surface area contributed by atoms with Crippen molar-refractivity contribution in [3.63, 3.8) is 0 Å². The summed E-state index contributed by atoms with van der Waals surface area (Å²) in [6, 6.07) is 28.7. The Labute approximate surface area is 192 Å². The molecule has 0 aliphatic heterocycles. The molecule has 1 unspecified atom stereocenters. The van der Waals surface area contributed by atoms with Gasteiger partial charge in [-0.1, -0.05) is 54.1 Å². The van der Waals surface area contributed by atoms with Gasteiger partial charge in [-0.3, -0.25) is 4.98 Å². The third-order valence-electron chi connectivity index (χ3n) is 4.94. The molecule has 0 radical (unpaired) electrons. The maximum absolute atomic E-state index is 14.7. The van der Waals surface area contributed by atoms with E-state index in [2.05, 4.69) is 10.3 Å². The summed E-state index contributed by atoms with van der Waals surface area (Å²) < 4.78 is 27.0. The zero-order valence-electron chi connectivity index (χ0n) is 17.4. The molecule has 1 atom stereocenters. The van der Waals surface area contributed by atoms with Crippen LogP contribution in [-0.2, 0) is 9.85 Å². The Hall–Kier alpha value is -3.27. The van der Waals surface area contributed by atoms with Crippen molar-refractivity contribution in [2.24, 2.45) is 0 Å². The third-order valence-corrected chi connectivity index (χ3v) is 7.56. The summed E-state index contributed by atoms with van der Waals surface area (Å²) in [4.78, 5) is 4.24. The van der Waals surface area contributed by atoms with E-state index in [-0.39, 0.29) is 0 Å². The summed E-state index contributed by atoms with van der Waals surface area (Å²) >= 11 is 6.06. The van der Waals surface area contributed by atoms with E-state index in [1.807, 2.05) is 54.6 Å². The summed E-state index contributed by atoms with van der Waals surface area (Å²) in [6.07, 6.45) is 3.31. The van der Waals surface area contributed by atoms with Crippen LogP contribution in [0.25, 0.3) is 0 Å². The number of nitrogens with zero attached hydrogens (tertiary/aromatic N) is 1. The minimum absolute atomic E-state index is 0.430. The van der Waals surface area contributed by atoms with E-state index in [1.165, 1.54) is 0 Å². The smallest absolute Gasteiger partial charge is 0.414 e. The van der Waals surface area contributed by atoms with Crippen LogP contribution in [0.2, 0.25) is 5.02 Å². The Morgan fingerprint density at radius 2 is 1.38 bits per heavy atom. The van der Waals surface area contributed by atoms with Gasteiger partial charge < -0.3 is 14.4 Å². The van der Waals surface area contributed by atoms with E-state index in [0.717, 1.165) is 0 Å². The van der Waals surface area contributed by atoms with E-state index in [0.29, 0.717) is 27.8 Å². The van der Waals surface area contributed by atoms with Crippen LogP contribution in [0.5, 0.6) is 11.5 Å². The molecule has 1 aromatic heterocycles. The summed E-state index contributed by atoms with van der Waals surface area (Å²) in [7, 11) is -3.97. The first kappa shape index (κ1) is 21.9. The minimum atomic E-state index is -3.97. The molecule has 0 aliphatic rings. The molecule has 4 rings (SSSR count). The number of rotatable bonds is 8. The fourth-order valence-electron chi connectivity index (χ4n) is 3.21. The predicted molar refractivity (Wildman–Crippen MR) is 128 cm³/mol. The first-order valence-electron chi connectivity index (χ1n) is 10.0. The van der Waals surface area contributed by atoms with Crippen LogP contribution in [0, 0.1) is 0 Å². The number of para-hydroxylation sites is 2. The summed E-state index contributed by atoms with van der Waals surface area (Å²) in [5.41, 5.74) is 1.35. The normalized spacial score (nSPS) is 13.1. The van der Waals surface area contributed by atoms with Gasteiger partial charge in [0.05, 0.1) is 0 Å². The molecule has 1 N–H and O–H groups in total. The Kier molecular flexibility index (Phi) is 6.50. The molecule has 0 saturated heterocycles. The molecule has 7 heteroatoms. The van der Waals surface area contributed by atoms with Gasteiger partial charge in [0.1, 0.15) is 11.5 Å². The van der Waals surface area contributed by atoms with Gasteiger partial charge in [-0.15, -0.1) is 0 Å². The largest absolute Gasteiger partial charge is 0.460 e. The SMILES string of the molecule is CC(Nc1ccc(Cl)cc1)(c1cccnc1)P(=O)(Oc1ccccc1)Oc1ccccc1. The van der Waals surface area contributed by atoms with Gasteiger partial charge in [0, 0.05) is 28.7 Å². The second-order valence-electron chi connectivity index (χ2n) is 7.25. The molecule has 0 aliphatic carbocycles. The second kappa shape index (κ2) is 9.47. The number of nitrogens with one attached hydrogen (secondary N) is 1. The Morgan fingerprint density at radius 1 is 0.812 bits per heavy atom. The fraction of sp³-hybridized carbons (Fsp3) is 0.0800. The van der Waals surface area contributed by atoms with Crippen LogP contribution in [0.1, 0.15) is 12.5 Å². The van der Waals surface area contributed by atoms with Gasteiger partial charge in [-0.2, -0.15) is 0 Å². The van der Waals surface area contributed by atoms with Crippen LogP contribution in [0.4, 0.5) is 5.69 Å². The highest BCUT2D eigenvalue weighted by Gasteiger charge is 2.52.